The van der Waals surface area contributed by atoms with Gasteiger partial charge in [-0.15, -0.1) is 5.10 Å². The van der Waals surface area contributed by atoms with Crippen LogP contribution in [-0.4, -0.2) is 34.7 Å². The third-order valence-electron chi connectivity index (χ3n) is 5.62. The van der Waals surface area contributed by atoms with Gasteiger partial charge in [0.1, 0.15) is 0 Å². The molecule has 1 aliphatic heterocycles. The molecule has 34 heavy (non-hydrogen) atoms. The van der Waals surface area contributed by atoms with E-state index in [1.165, 1.54) is 0 Å². The Balaban J connectivity index is 1.59. The van der Waals surface area contributed by atoms with Gasteiger partial charge in [-0.05, 0) is 35.6 Å². The summed E-state index contributed by atoms with van der Waals surface area (Å²) in [6.07, 6.45) is 0.909. The molecule has 0 bridgehead atoms. The zero-order valence-electron chi connectivity index (χ0n) is 20.0. The molecular formula is C27H32N4O3. The SMILES string of the molecule is CC(C)(C)COCc1cccc(-c2cc(NC(=O)C3CCC(=O)NC3)nn2-c2ccccc2)c1. The summed E-state index contributed by atoms with van der Waals surface area (Å²) in [6, 6.07) is 19.9. The highest BCUT2D eigenvalue weighted by Crippen LogP contribution is 2.28. The molecule has 1 aromatic heterocycles. The van der Waals surface area contributed by atoms with Crippen molar-refractivity contribution in [3.05, 3.63) is 66.2 Å². The number of ether oxygens (including phenoxy) is 1. The Hall–Kier alpha value is -3.45. The second-order valence-electron chi connectivity index (χ2n) is 9.94. The number of aromatic nitrogens is 2. The second-order valence-corrected chi connectivity index (χ2v) is 9.94. The topological polar surface area (TPSA) is 85.2 Å². The Morgan fingerprint density at radius 3 is 2.65 bits per heavy atom. The van der Waals surface area contributed by atoms with Crippen LogP contribution in [0.25, 0.3) is 16.9 Å². The van der Waals surface area contributed by atoms with Gasteiger partial charge in [0.2, 0.25) is 11.8 Å². The molecular weight excluding hydrogens is 428 g/mol. The van der Waals surface area contributed by atoms with Crippen molar-refractivity contribution in [1.82, 2.24) is 15.1 Å². The van der Waals surface area contributed by atoms with Crippen LogP contribution in [0.1, 0.15) is 39.2 Å². The summed E-state index contributed by atoms with van der Waals surface area (Å²) in [7, 11) is 0. The Bertz CT molecular complexity index is 1140. The number of nitrogens with one attached hydrogen (secondary N) is 2. The summed E-state index contributed by atoms with van der Waals surface area (Å²) >= 11 is 0. The van der Waals surface area contributed by atoms with Crippen LogP contribution in [0.4, 0.5) is 5.82 Å². The first-order valence-electron chi connectivity index (χ1n) is 11.7. The van der Waals surface area contributed by atoms with Gasteiger partial charge in [-0.2, -0.15) is 0 Å². The number of hydrogen-bond acceptors (Lipinski definition) is 4. The average Bonchev–Trinajstić information content (AvgIpc) is 3.23. The number of piperidine rings is 1. The summed E-state index contributed by atoms with van der Waals surface area (Å²) < 4.78 is 7.75. The van der Waals surface area contributed by atoms with Gasteiger partial charge in [-0.25, -0.2) is 4.68 Å². The van der Waals surface area contributed by atoms with Gasteiger partial charge in [-0.3, -0.25) is 9.59 Å². The van der Waals surface area contributed by atoms with Gasteiger partial charge in [0.15, 0.2) is 5.82 Å². The van der Waals surface area contributed by atoms with E-state index in [9.17, 15) is 9.59 Å². The van der Waals surface area contributed by atoms with E-state index >= 15 is 0 Å². The van der Waals surface area contributed by atoms with Crippen molar-refractivity contribution >= 4 is 17.6 Å². The normalized spacial score (nSPS) is 16.2. The zero-order valence-corrected chi connectivity index (χ0v) is 20.0. The first-order chi connectivity index (χ1) is 16.3. The molecule has 2 aromatic carbocycles. The van der Waals surface area contributed by atoms with Crippen LogP contribution in [0.5, 0.6) is 0 Å². The molecule has 1 atom stereocenters. The highest BCUT2D eigenvalue weighted by atomic mass is 16.5. The molecule has 7 heteroatoms. The van der Waals surface area contributed by atoms with E-state index in [4.69, 9.17) is 9.84 Å². The van der Waals surface area contributed by atoms with Crippen LogP contribution in [-0.2, 0) is 20.9 Å². The molecule has 2 amide bonds. The number of nitrogens with zero attached hydrogens (tertiary/aromatic N) is 2. The summed E-state index contributed by atoms with van der Waals surface area (Å²) in [5.74, 6) is 0.0844. The van der Waals surface area contributed by atoms with Crippen LogP contribution in [0.2, 0.25) is 0 Å². The first kappa shape index (κ1) is 23.7. The van der Waals surface area contributed by atoms with E-state index in [0.29, 0.717) is 38.4 Å². The fraction of sp³-hybridized carbons (Fsp3) is 0.370. The van der Waals surface area contributed by atoms with Crippen molar-refractivity contribution in [3.63, 3.8) is 0 Å². The monoisotopic (exact) mass is 460 g/mol. The highest BCUT2D eigenvalue weighted by molar-refractivity contribution is 5.93. The standard InChI is InChI=1S/C27H32N4O3/c1-27(2,3)18-34-17-19-8-7-9-20(14-19)23-15-24(30-31(23)22-10-5-4-6-11-22)29-26(33)21-12-13-25(32)28-16-21/h4-11,14-15,21H,12-13,16-18H2,1-3H3,(H,28,32)(H,29,30,33). The predicted octanol–water partition coefficient (Wildman–Crippen LogP) is 4.57. The van der Waals surface area contributed by atoms with Gasteiger partial charge < -0.3 is 15.4 Å². The lowest BCUT2D eigenvalue weighted by atomic mass is 9.98. The highest BCUT2D eigenvalue weighted by Gasteiger charge is 2.25. The number of rotatable bonds is 7. The maximum absolute atomic E-state index is 12.8. The molecule has 1 aliphatic rings. The van der Waals surface area contributed by atoms with Crippen molar-refractivity contribution in [2.45, 2.75) is 40.2 Å². The molecule has 0 spiro atoms. The van der Waals surface area contributed by atoms with Gasteiger partial charge in [0, 0.05) is 24.6 Å². The van der Waals surface area contributed by atoms with E-state index in [-0.39, 0.29) is 23.1 Å². The van der Waals surface area contributed by atoms with Crippen molar-refractivity contribution in [1.29, 1.82) is 0 Å². The summed E-state index contributed by atoms with van der Waals surface area (Å²) in [5, 5.41) is 10.4. The molecule has 1 saturated heterocycles. The Morgan fingerprint density at radius 1 is 1.15 bits per heavy atom. The molecule has 1 fully saturated rings. The molecule has 3 aromatic rings. The molecule has 4 rings (SSSR count). The second kappa shape index (κ2) is 10.2. The van der Waals surface area contributed by atoms with Crippen LogP contribution < -0.4 is 10.6 Å². The fourth-order valence-corrected chi connectivity index (χ4v) is 3.89. The minimum Gasteiger partial charge on any atom is -0.376 e. The number of benzene rings is 2. The number of amides is 2. The van der Waals surface area contributed by atoms with E-state index in [2.05, 4.69) is 43.5 Å². The molecule has 0 saturated carbocycles. The molecule has 0 aliphatic carbocycles. The maximum Gasteiger partial charge on any atom is 0.230 e. The molecule has 178 valence electrons. The number of carbonyl (C=O) groups excluding carboxylic acids is 2. The molecule has 0 radical (unpaired) electrons. The third kappa shape index (κ3) is 6.11. The van der Waals surface area contributed by atoms with Gasteiger partial charge in [0.05, 0.1) is 30.5 Å². The number of carbonyl (C=O) groups is 2. The van der Waals surface area contributed by atoms with Crippen LogP contribution >= 0.6 is 0 Å². The van der Waals surface area contributed by atoms with Crippen molar-refractivity contribution in [3.8, 4) is 16.9 Å². The first-order valence-corrected chi connectivity index (χ1v) is 11.7. The summed E-state index contributed by atoms with van der Waals surface area (Å²) in [6.45, 7) is 8.02. The van der Waals surface area contributed by atoms with Crippen molar-refractivity contribution < 1.29 is 14.3 Å². The summed E-state index contributed by atoms with van der Waals surface area (Å²) in [4.78, 5) is 24.2. The average molecular weight is 461 g/mol. The summed E-state index contributed by atoms with van der Waals surface area (Å²) in [5.41, 5.74) is 3.94. The lowest BCUT2D eigenvalue weighted by Gasteiger charge is -2.20. The Morgan fingerprint density at radius 2 is 1.94 bits per heavy atom. The van der Waals surface area contributed by atoms with Crippen LogP contribution in [0.15, 0.2) is 60.7 Å². The Kier molecular flexibility index (Phi) is 7.12. The fourth-order valence-electron chi connectivity index (χ4n) is 3.89. The molecule has 2 heterocycles. The van der Waals surface area contributed by atoms with Crippen molar-refractivity contribution in [2.75, 3.05) is 18.5 Å². The van der Waals surface area contributed by atoms with Gasteiger partial charge >= 0.3 is 0 Å². The smallest absolute Gasteiger partial charge is 0.230 e. The van der Waals surface area contributed by atoms with Gasteiger partial charge in [0.25, 0.3) is 0 Å². The van der Waals surface area contributed by atoms with E-state index in [1.807, 2.05) is 53.2 Å². The van der Waals surface area contributed by atoms with Crippen molar-refractivity contribution in [2.24, 2.45) is 11.3 Å². The lowest BCUT2D eigenvalue weighted by molar-refractivity contribution is -0.126. The van der Waals surface area contributed by atoms with E-state index < -0.39 is 0 Å². The zero-order chi connectivity index (χ0) is 24.1. The maximum atomic E-state index is 12.8. The molecule has 7 nitrogen and oxygen atoms in total. The van der Waals surface area contributed by atoms with E-state index in [1.54, 1.807) is 0 Å². The number of para-hydroxylation sites is 1. The predicted molar refractivity (Wildman–Crippen MR) is 132 cm³/mol. The number of anilines is 1. The molecule has 1 unspecified atom stereocenters. The quantitative estimate of drug-likeness (QED) is 0.541. The number of hydrogen-bond donors (Lipinski definition) is 2. The third-order valence-corrected chi connectivity index (χ3v) is 5.62. The largest absolute Gasteiger partial charge is 0.376 e. The van der Waals surface area contributed by atoms with Crippen LogP contribution in [0, 0.1) is 11.3 Å². The van der Waals surface area contributed by atoms with E-state index in [0.717, 1.165) is 22.5 Å². The Labute approximate surface area is 200 Å². The van der Waals surface area contributed by atoms with Gasteiger partial charge in [-0.1, -0.05) is 57.2 Å². The molecule has 2 N–H and O–H groups in total. The minimum absolute atomic E-state index is 0.00828. The van der Waals surface area contributed by atoms with Crippen LogP contribution in [0.3, 0.4) is 0 Å². The minimum atomic E-state index is -0.258. The lowest BCUT2D eigenvalue weighted by Crippen LogP contribution is -2.40.